The maximum atomic E-state index is 5.98. The van der Waals surface area contributed by atoms with Gasteiger partial charge in [0, 0.05) is 37.0 Å². The van der Waals surface area contributed by atoms with E-state index in [0.717, 1.165) is 43.2 Å². The van der Waals surface area contributed by atoms with Crippen molar-refractivity contribution < 1.29 is 14.2 Å². The number of fused-ring (bicyclic) bond motifs is 1. The second-order valence-corrected chi connectivity index (χ2v) is 5.62. The Bertz CT molecular complexity index is 478. The molecule has 110 valence electrons. The minimum absolute atomic E-state index is 0.330. The summed E-state index contributed by atoms with van der Waals surface area (Å²) in [5.41, 5.74) is 8.98. The Hall–Kier alpha value is -1.30. The van der Waals surface area contributed by atoms with Gasteiger partial charge in [0.2, 0.25) is 0 Å². The van der Waals surface area contributed by atoms with E-state index in [4.69, 9.17) is 19.9 Å². The summed E-state index contributed by atoms with van der Waals surface area (Å²) in [5.74, 6) is 1.60. The zero-order chi connectivity index (χ0) is 13.9. The molecule has 0 spiro atoms. The molecule has 2 aliphatic heterocycles. The maximum Gasteiger partial charge on any atom is 0.189 e. The Balaban J connectivity index is 1.73. The van der Waals surface area contributed by atoms with Crippen molar-refractivity contribution in [1.82, 2.24) is 4.90 Å². The van der Waals surface area contributed by atoms with Gasteiger partial charge in [0.1, 0.15) is 5.75 Å². The largest absolute Gasteiger partial charge is 0.467 e. The molecule has 1 atom stereocenters. The number of rotatable bonds is 4. The Morgan fingerprint density at radius 3 is 3.20 bits per heavy atom. The Morgan fingerprint density at radius 1 is 1.45 bits per heavy atom. The van der Waals surface area contributed by atoms with E-state index in [1.807, 2.05) is 12.1 Å². The Morgan fingerprint density at radius 2 is 2.35 bits per heavy atom. The molecule has 1 aromatic rings. The summed E-state index contributed by atoms with van der Waals surface area (Å²) < 4.78 is 16.2. The monoisotopic (exact) mass is 278 g/mol. The third-order valence-corrected chi connectivity index (χ3v) is 3.98. The molecule has 0 bridgehead atoms. The second-order valence-electron chi connectivity index (χ2n) is 5.62. The topological polar surface area (TPSA) is 57.0 Å². The van der Waals surface area contributed by atoms with Crippen molar-refractivity contribution in [2.75, 3.05) is 39.3 Å². The van der Waals surface area contributed by atoms with Crippen LogP contribution in [0.4, 0.5) is 5.69 Å². The van der Waals surface area contributed by atoms with Gasteiger partial charge >= 0.3 is 0 Å². The Labute approximate surface area is 119 Å². The van der Waals surface area contributed by atoms with E-state index in [-0.39, 0.29) is 0 Å². The first-order valence-corrected chi connectivity index (χ1v) is 7.09. The van der Waals surface area contributed by atoms with E-state index < -0.39 is 0 Å². The molecule has 2 N–H and O–H groups in total. The number of nitrogens with zero attached hydrogens (tertiary/aromatic N) is 1. The highest BCUT2D eigenvalue weighted by Gasteiger charge is 2.24. The molecule has 0 saturated carbocycles. The normalized spacial score (nSPS) is 22.6. The summed E-state index contributed by atoms with van der Waals surface area (Å²) in [6.45, 7) is 4.82. The van der Waals surface area contributed by atoms with Crippen LogP contribution in [0.15, 0.2) is 12.1 Å². The maximum absolute atomic E-state index is 5.98. The zero-order valence-corrected chi connectivity index (χ0v) is 11.9. The molecule has 2 heterocycles. The van der Waals surface area contributed by atoms with E-state index in [9.17, 15) is 0 Å². The SMILES string of the molecule is COCC1CCN(Cc2cc(N)cc3c2OCOC3)C1. The van der Waals surface area contributed by atoms with Crippen molar-refractivity contribution in [2.24, 2.45) is 5.92 Å². The van der Waals surface area contributed by atoms with E-state index >= 15 is 0 Å². The molecule has 20 heavy (non-hydrogen) atoms. The molecule has 0 amide bonds. The van der Waals surface area contributed by atoms with Crippen LogP contribution in [-0.2, 0) is 22.6 Å². The Kier molecular flexibility index (Phi) is 4.10. The van der Waals surface area contributed by atoms with Gasteiger partial charge in [0.15, 0.2) is 6.79 Å². The molecule has 5 nitrogen and oxygen atoms in total. The predicted octanol–water partition coefficient (Wildman–Crippen LogP) is 1.60. The molecular formula is C15H22N2O3. The molecule has 0 aliphatic carbocycles. The number of methoxy groups -OCH3 is 1. The van der Waals surface area contributed by atoms with Crippen LogP contribution in [0.5, 0.6) is 5.75 Å². The lowest BCUT2D eigenvalue weighted by molar-refractivity contribution is -0.0173. The van der Waals surface area contributed by atoms with E-state index in [1.165, 1.54) is 12.0 Å². The molecule has 2 aliphatic rings. The first-order chi connectivity index (χ1) is 9.76. The quantitative estimate of drug-likeness (QED) is 0.848. The highest BCUT2D eigenvalue weighted by Crippen LogP contribution is 2.32. The number of hydrogen-bond acceptors (Lipinski definition) is 5. The van der Waals surface area contributed by atoms with Crippen LogP contribution < -0.4 is 10.5 Å². The van der Waals surface area contributed by atoms with Gasteiger partial charge in [-0.1, -0.05) is 0 Å². The second kappa shape index (κ2) is 5.99. The summed E-state index contributed by atoms with van der Waals surface area (Å²) in [6.07, 6.45) is 1.20. The van der Waals surface area contributed by atoms with Crippen LogP contribution in [-0.4, -0.2) is 38.5 Å². The van der Waals surface area contributed by atoms with Gasteiger partial charge in [0.25, 0.3) is 0 Å². The van der Waals surface area contributed by atoms with Crippen LogP contribution in [0, 0.1) is 5.92 Å². The third kappa shape index (κ3) is 2.90. The molecule has 1 unspecified atom stereocenters. The van der Waals surface area contributed by atoms with Gasteiger partial charge in [-0.25, -0.2) is 0 Å². The minimum atomic E-state index is 0.330. The lowest BCUT2D eigenvalue weighted by Crippen LogP contribution is -2.23. The fourth-order valence-electron chi connectivity index (χ4n) is 3.11. The summed E-state index contributed by atoms with van der Waals surface area (Å²) in [4.78, 5) is 2.44. The number of anilines is 1. The average Bonchev–Trinajstić information content (AvgIpc) is 2.86. The first-order valence-electron chi connectivity index (χ1n) is 7.09. The van der Waals surface area contributed by atoms with E-state index in [0.29, 0.717) is 19.3 Å². The molecule has 1 saturated heterocycles. The molecule has 5 heteroatoms. The third-order valence-electron chi connectivity index (χ3n) is 3.98. The molecular weight excluding hydrogens is 256 g/mol. The van der Waals surface area contributed by atoms with E-state index in [1.54, 1.807) is 7.11 Å². The predicted molar refractivity (Wildman–Crippen MR) is 76.4 cm³/mol. The number of nitrogens with two attached hydrogens (primary N) is 1. The van der Waals surface area contributed by atoms with E-state index in [2.05, 4.69) is 4.90 Å². The van der Waals surface area contributed by atoms with Crippen LogP contribution in [0.25, 0.3) is 0 Å². The minimum Gasteiger partial charge on any atom is -0.467 e. The van der Waals surface area contributed by atoms with Gasteiger partial charge < -0.3 is 19.9 Å². The molecule has 0 radical (unpaired) electrons. The van der Waals surface area contributed by atoms with Gasteiger partial charge in [-0.2, -0.15) is 0 Å². The number of likely N-dealkylation sites (tertiary alicyclic amines) is 1. The average molecular weight is 278 g/mol. The lowest BCUT2D eigenvalue weighted by atomic mass is 10.1. The van der Waals surface area contributed by atoms with Gasteiger partial charge in [-0.3, -0.25) is 4.90 Å². The number of ether oxygens (including phenoxy) is 3. The van der Waals surface area contributed by atoms with Crippen molar-refractivity contribution >= 4 is 5.69 Å². The van der Waals surface area contributed by atoms with Crippen molar-refractivity contribution in [2.45, 2.75) is 19.6 Å². The number of benzene rings is 1. The summed E-state index contributed by atoms with van der Waals surface area (Å²) >= 11 is 0. The number of hydrogen-bond donors (Lipinski definition) is 1. The van der Waals surface area contributed by atoms with Gasteiger partial charge in [-0.05, 0) is 31.0 Å². The first kappa shape index (κ1) is 13.7. The smallest absolute Gasteiger partial charge is 0.189 e. The summed E-state index contributed by atoms with van der Waals surface area (Å²) in [6, 6.07) is 3.96. The fraction of sp³-hybridized carbons (Fsp3) is 0.600. The van der Waals surface area contributed by atoms with Crippen LogP contribution >= 0.6 is 0 Å². The van der Waals surface area contributed by atoms with Gasteiger partial charge in [0.05, 0.1) is 13.2 Å². The highest BCUT2D eigenvalue weighted by atomic mass is 16.7. The highest BCUT2D eigenvalue weighted by molar-refractivity contribution is 5.53. The van der Waals surface area contributed by atoms with Crippen molar-refractivity contribution in [3.63, 3.8) is 0 Å². The van der Waals surface area contributed by atoms with Crippen LogP contribution in [0.1, 0.15) is 17.5 Å². The molecule has 1 fully saturated rings. The molecule has 0 aromatic heterocycles. The van der Waals surface area contributed by atoms with Crippen molar-refractivity contribution in [3.8, 4) is 5.75 Å². The van der Waals surface area contributed by atoms with Gasteiger partial charge in [-0.15, -0.1) is 0 Å². The standard InChI is InChI=1S/C15H22N2O3/c1-18-8-11-2-3-17(6-11)7-12-4-14(16)5-13-9-19-10-20-15(12)13/h4-5,11H,2-3,6-10,16H2,1H3. The lowest BCUT2D eigenvalue weighted by Gasteiger charge is -2.24. The molecule has 1 aromatic carbocycles. The van der Waals surface area contributed by atoms with Crippen LogP contribution in [0.2, 0.25) is 0 Å². The van der Waals surface area contributed by atoms with Crippen LogP contribution in [0.3, 0.4) is 0 Å². The fourth-order valence-corrected chi connectivity index (χ4v) is 3.11. The summed E-state index contributed by atoms with van der Waals surface area (Å²) in [7, 11) is 1.77. The summed E-state index contributed by atoms with van der Waals surface area (Å²) in [5, 5.41) is 0. The zero-order valence-electron chi connectivity index (χ0n) is 11.9. The van der Waals surface area contributed by atoms with Crippen molar-refractivity contribution in [3.05, 3.63) is 23.3 Å². The van der Waals surface area contributed by atoms with Crippen molar-refractivity contribution in [1.29, 1.82) is 0 Å². The number of nitrogen functional groups attached to an aromatic ring is 1. The molecule has 3 rings (SSSR count).